The molecule has 4 heteroatoms. The zero-order valence-electron chi connectivity index (χ0n) is 9.95. The molecule has 1 heterocycles. The van der Waals surface area contributed by atoms with Crippen molar-refractivity contribution in [2.75, 3.05) is 5.32 Å². The second-order valence-corrected chi connectivity index (χ2v) is 4.07. The van der Waals surface area contributed by atoms with Gasteiger partial charge in [-0.25, -0.2) is 0 Å². The van der Waals surface area contributed by atoms with Crippen molar-refractivity contribution in [2.24, 2.45) is 0 Å². The SMILES string of the molecule is Cc1cccc(C)c1NC(=O)Cc1ccn[nH]1. The molecule has 17 heavy (non-hydrogen) atoms. The van der Waals surface area contributed by atoms with E-state index in [1.165, 1.54) is 0 Å². The molecule has 0 fully saturated rings. The number of aromatic amines is 1. The maximum atomic E-state index is 11.8. The zero-order chi connectivity index (χ0) is 12.3. The molecule has 0 bridgehead atoms. The predicted octanol–water partition coefficient (Wildman–Crippen LogP) is 2.21. The summed E-state index contributed by atoms with van der Waals surface area (Å²) in [7, 11) is 0. The number of benzene rings is 1. The predicted molar refractivity (Wildman–Crippen MR) is 66.8 cm³/mol. The van der Waals surface area contributed by atoms with Gasteiger partial charge in [0.15, 0.2) is 0 Å². The van der Waals surface area contributed by atoms with E-state index in [4.69, 9.17) is 0 Å². The number of aryl methyl sites for hydroxylation is 2. The van der Waals surface area contributed by atoms with Gasteiger partial charge in [0.2, 0.25) is 5.91 Å². The van der Waals surface area contributed by atoms with Gasteiger partial charge in [0, 0.05) is 17.6 Å². The van der Waals surface area contributed by atoms with E-state index < -0.39 is 0 Å². The molecule has 88 valence electrons. The van der Waals surface area contributed by atoms with Gasteiger partial charge >= 0.3 is 0 Å². The average molecular weight is 229 g/mol. The third-order valence-electron chi connectivity index (χ3n) is 2.65. The first-order valence-electron chi connectivity index (χ1n) is 5.51. The van der Waals surface area contributed by atoms with Crippen LogP contribution >= 0.6 is 0 Å². The molecule has 0 aliphatic rings. The van der Waals surface area contributed by atoms with E-state index in [9.17, 15) is 4.79 Å². The van der Waals surface area contributed by atoms with Gasteiger partial charge in [-0.15, -0.1) is 0 Å². The molecular weight excluding hydrogens is 214 g/mol. The number of para-hydroxylation sites is 1. The third kappa shape index (κ3) is 2.72. The van der Waals surface area contributed by atoms with Crippen LogP contribution in [0.4, 0.5) is 5.69 Å². The fourth-order valence-corrected chi connectivity index (χ4v) is 1.75. The van der Waals surface area contributed by atoms with E-state index >= 15 is 0 Å². The summed E-state index contributed by atoms with van der Waals surface area (Å²) in [5.74, 6) is -0.0355. The van der Waals surface area contributed by atoms with E-state index in [2.05, 4.69) is 15.5 Å². The maximum absolute atomic E-state index is 11.8. The highest BCUT2D eigenvalue weighted by Gasteiger charge is 2.08. The Morgan fingerprint density at radius 2 is 2.00 bits per heavy atom. The third-order valence-corrected chi connectivity index (χ3v) is 2.65. The minimum atomic E-state index is -0.0355. The summed E-state index contributed by atoms with van der Waals surface area (Å²) in [6.07, 6.45) is 1.95. The van der Waals surface area contributed by atoms with E-state index in [-0.39, 0.29) is 5.91 Å². The number of amides is 1. The average Bonchev–Trinajstić information content (AvgIpc) is 2.76. The van der Waals surface area contributed by atoms with Crippen molar-refractivity contribution in [1.29, 1.82) is 0 Å². The topological polar surface area (TPSA) is 57.8 Å². The number of nitrogens with one attached hydrogen (secondary N) is 2. The number of rotatable bonds is 3. The summed E-state index contributed by atoms with van der Waals surface area (Å²) in [6.45, 7) is 3.97. The second-order valence-electron chi connectivity index (χ2n) is 4.07. The molecule has 4 nitrogen and oxygen atoms in total. The molecule has 0 radical (unpaired) electrons. The summed E-state index contributed by atoms with van der Waals surface area (Å²) in [4.78, 5) is 11.8. The van der Waals surface area contributed by atoms with Crippen LogP contribution in [0.5, 0.6) is 0 Å². The number of hydrogen-bond acceptors (Lipinski definition) is 2. The maximum Gasteiger partial charge on any atom is 0.230 e. The van der Waals surface area contributed by atoms with Gasteiger partial charge in [0.1, 0.15) is 0 Å². The minimum absolute atomic E-state index is 0.0355. The number of anilines is 1. The summed E-state index contributed by atoms with van der Waals surface area (Å²) in [5.41, 5.74) is 3.86. The lowest BCUT2D eigenvalue weighted by atomic mass is 10.1. The van der Waals surface area contributed by atoms with Gasteiger partial charge in [-0.05, 0) is 31.0 Å². The van der Waals surface area contributed by atoms with E-state index in [0.717, 1.165) is 22.5 Å². The van der Waals surface area contributed by atoms with Crippen LogP contribution in [0, 0.1) is 13.8 Å². The van der Waals surface area contributed by atoms with Crippen molar-refractivity contribution in [3.8, 4) is 0 Å². The molecule has 0 saturated carbocycles. The number of carbonyl (C=O) groups is 1. The fraction of sp³-hybridized carbons (Fsp3) is 0.231. The normalized spacial score (nSPS) is 10.2. The highest BCUT2D eigenvalue weighted by atomic mass is 16.1. The largest absolute Gasteiger partial charge is 0.325 e. The van der Waals surface area contributed by atoms with Gasteiger partial charge in [0.05, 0.1) is 6.42 Å². The fourth-order valence-electron chi connectivity index (χ4n) is 1.75. The Kier molecular flexibility index (Phi) is 3.23. The van der Waals surface area contributed by atoms with Crippen LogP contribution in [-0.2, 0) is 11.2 Å². The number of nitrogens with zero attached hydrogens (tertiary/aromatic N) is 1. The van der Waals surface area contributed by atoms with Crippen molar-refractivity contribution in [1.82, 2.24) is 10.2 Å². The van der Waals surface area contributed by atoms with Crippen LogP contribution < -0.4 is 5.32 Å². The second kappa shape index (κ2) is 4.82. The number of H-pyrrole nitrogens is 1. The lowest BCUT2D eigenvalue weighted by Crippen LogP contribution is -2.16. The Morgan fingerprint density at radius 3 is 2.59 bits per heavy atom. The van der Waals surface area contributed by atoms with Gasteiger partial charge in [0.25, 0.3) is 0 Å². The first kappa shape index (κ1) is 11.4. The molecule has 1 aromatic carbocycles. The summed E-state index contributed by atoms with van der Waals surface area (Å²) < 4.78 is 0. The monoisotopic (exact) mass is 229 g/mol. The summed E-state index contributed by atoms with van der Waals surface area (Å²) >= 11 is 0. The highest BCUT2D eigenvalue weighted by molar-refractivity contribution is 5.93. The minimum Gasteiger partial charge on any atom is -0.325 e. The van der Waals surface area contributed by atoms with Crippen molar-refractivity contribution in [3.05, 3.63) is 47.3 Å². The van der Waals surface area contributed by atoms with Crippen molar-refractivity contribution >= 4 is 11.6 Å². The Hall–Kier alpha value is -2.10. The van der Waals surface area contributed by atoms with E-state index in [1.54, 1.807) is 12.3 Å². The van der Waals surface area contributed by atoms with Crippen molar-refractivity contribution < 1.29 is 4.79 Å². The van der Waals surface area contributed by atoms with Crippen LogP contribution in [0.15, 0.2) is 30.5 Å². The molecule has 0 aliphatic heterocycles. The molecular formula is C13H15N3O. The summed E-state index contributed by atoms with van der Waals surface area (Å²) in [5, 5.41) is 9.51. The molecule has 0 saturated heterocycles. The molecule has 2 rings (SSSR count). The van der Waals surface area contributed by atoms with E-state index in [0.29, 0.717) is 6.42 Å². The van der Waals surface area contributed by atoms with Gasteiger partial charge < -0.3 is 5.32 Å². The first-order valence-corrected chi connectivity index (χ1v) is 5.51. The molecule has 0 atom stereocenters. The molecule has 0 aliphatic carbocycles. The van der Waals surface area contributed by atoms with Crippen molar-refractivity contribution in [2.45, 2.75) is 20.3 Å². The highest BCUT2D eigenvalue weighted by Crippen LogP contribution is 2.19. The van der Waals surface area contributed by atoms with Gasteiger partial charge in [-0.3, -0.25) is 9.89 Å². The van der Waals surface area contributed by atoms with Crippen LogP contribution in [0.25, 0.3) is 0 Å². The van der Waals surface area contributed by atoms with Crippen LogP contribution in [0.3, 0.4) is 0 Å². The number of aromatic nitrogens is 2. The van der Waals surface area contributed by atoms with Gasteiger partial charge in [-0.2, -0.15) is 5.10 Å². The van der Waals surface area contributed by atoms with Crippen LogP contribution in [0.1, 0.15) is 16.8 Å². The van der Waals surface area contributed by atoms with E-state index in [1.807, 2.05) is 32.0 Å². The van der Waals surface area contributed by atoms with Crippen molar-refractivity contribution in [3.63, 3.8) is 0 Å². The smallest absolute Gasteiger partial charge is 0.230 e. The molecule has 2 N–H and O–H groups in total. The van der Waals surface area contributed by atoms with Gasteiger partial charge in [-0.1, -0.05) is 18.2 Å². The standard InChI is InChI=1S/C13H15N3O/c1-9-4-3-5-10(2)13(9)15-12(17)8-11-6-7-14-16-11/h3-7H,8H2,1-2H3,(H,14,16)(H,15,17). The number of carbonyl (C=O) groups excluding carboxylic acids is 1. The molecule has 1 aromatic heterocycles. The van der Waals surface area contributed by atoms with Crippen LogP contribution in [-0.4, -0.2) is 16.1 Å². The Bertz CT molecular complexity index is 497. The Balaban J connectivity index is 2.08. The quantitative estimate of drug-likeness (QED) is 0.847. The molecule has 0 unspecified atom stereocenters. The molecule has 0 spiro atoms. The first-order chi connectivity index (χ1) is 8.16. The Morgan fingerprint density at radius 1 is 1.29 bits per heavy atom. The zero-order valence-corrected chi connectivity index (χ0v) is 9.95. The Labute approximate surface area is 100 Å². The number of hydrogen-bond donors (Lipinski definition) is 2. The van der Waals surface area contributed by atoms with Crippen LogP contribution in [0.2, 0.25) is 0 Å². The lowest BCUT2D eigenvalue weighted by molar-refractivity contribution is -0.115. The summed E-state index contributed by atoms with van der Waals surface area (Å²) in [6, 6.07) is 7.75. The molecule has 1 amide bonds. The molecule has 2 aromatic rings. The lowest BCUT2D eigenvalue weighted by Gasteiger charge is -2.10.